The summed E-state index contributed by atoms with van der Waals surface area (Å²) in [5.41, 5.74) is 2.78. The number of benzene rings is 1. The Morgan fingerprint density at radius 3 is 2.27 bits per heavy atom. The molecule has 2 N–H and O–H groups in total. The van der Waals surface area contributed by atoms with Crippen LogP contribution >= 0.6 is 0 Å². The first kappa shape index (κ1) is 11.6. The van der Waals surface area contributed by atoms with E-state index in [-0.39, 0.29) is 6.42 Å². The van der Waals surface area contributed by atoms with Crippen molar-refractivity contribution in [3.8, 4) is 5.75 Å². The van der Waals surface area contributed by atoms with Gasteiger partial charge in [-0.25, -0.2) is 0 Å². The molecule has 3 heteroatoms. The quantitative estimate of drug-likeness (QED) is 0.798. The minimum atomic E-state index is -0.762. The van der Waals surface area contributed by atoms with E-state index in [1.807, 2.05) is 26.0 Å². The van der Waals surface area contributed by atoms with Crippen LogP contribution in [0, 0.1) is 13.8 Å². The Hall–Kier alpha value is -1.51. The lowest BCUT2D eigenvalue weighted by Gasteiger charge is -2.07. The highest BCUT2D eigenvalue weighted by molar-refractivity contribution is 5.66. The predicted molar refractivity (Wildman–Crippen MR) is 58.2 cm³/mol. The number of carboxylic acid groups (broad SMARTS) is 1. The van der Waals surface area contributed by atoms with Crippen molar-refractivity contribution in [2.45, 2.75) is 33.1 Å². The molecule has 3 nitrogen and oxygen atoms in total. The molecule has 0 fully saturated rings. The van der Waals surface area contributed by atoms with Gasteiger partial charge >= 0.3 is 5.97 Å². The van der Waals surface area contributed by atoms with Crippen LogP contribution in [-0.4, -0.2) is 16.2 Å². The molecular formula is C12H16O3. The Morgan fingerprint density at radius 2 is 1.80 bits per heavy atom. The molecule has 0 heterocycles. The van der Waals surface area contributed by atoms with Crippen LogP contribution < -0.4 is 0 Å². The first-order valence-corrected chi connectivity index (χ1v) is 5.01. The second kappa shape index (κ2) is 4.82. The van der Waals surface area contributed by atoms with Crippen LogP contribution in [0.2, 0.25) is 0 Å². The first-order valence-electron chi connectivity index (χ1n) is 5.01. The van der Waals surface area contributed by atoms with E-state index >= 15 is 0 Å². The average Bonchev–Trinajstić information content (AvgIpc) is 2.13. The normalized spacial score (nSPS) is 10.3. The fraction of sp³-hybridized carbons (Fsp3) is 0.417. The number of hydrogen-bond donors (Lipinski definition) is 2. The van der Waals surface area contributed by atoms with Crippen molar-refractivity contribution in [1.29, 1.82) is 0 Å². The molecule has 0 saturated heterocycles. The maximum Gasteiger partial charge on any atom is 0.303 e. The summed E-state index contributed by atoms with van der Waals surface area (Å²) < 4.78 is 0. The lowest BCUT2D eigenvalue weighted by molar-refractivity contribution is -0.137. The van der Waals surface area contributed by atoms with Crippen LogP contribution in [0.5, 0.6) is 5.75 Å². The van der Waals surface area contributed by atoms with Crippen LogP contribution in [0.25, 0.3) is 0 Å². The molecule has 0 saturated carbocycles. The van der Waals surface area contributed by atoms with Crippen LogP contribution in [0.4, 0.5) is 0 Å². The van der Waals surface area contributed by atoms with E-state index in [4.69, 9.17) is 5.11 Å². The molecule has 0 amide bonds. The van der Waals surface area contributed by atoms with Crippen molar-refractivity contribution in [2.24, 2.45) is 0 Å². The highest BCUT2D eigenvalue weighted by Gasteiger charge is 2.04. The van der Waals surface area contributed by atoms with E-state index in [0.29, 0.717) is 12.2 Å². The highest BCUT2D eigenvalue weighted by atomic mass is 16.4. The minimum absolute atomic E-state index is 0.193. The van der Waals surface area contributed by atoms with Crippen molar-refractivity contribution < 1.29 is 15.0 Å². The smallest absolute Gasteiger partial charge is 0.303 e. The number of carboxylic acids is 1. The highest BCUT2D eigenvalue weighted by Crippen LogP contribution is 2.23. The second-order valence-corrected chi connectivity index (χ2v) is 3.83. The second-order valence-electron chi connectivity index (χ2n) is 3.83. The van der Waals surface area contributed by atoms with Crippen molar-refractivity contribution in [2.75, 3.05) is 0 Å². The lowest BCUT2D eigenvalue weighted by Crippen LogP contribution is -1.96. The number of aromatic hydroxyl groups is 1. The number of phenolic OH excluding ortho intramolecular Hbond substituents is 1. The van der Waals surface area contributed by atoms with Gasteiger partial charge in [-0.1, -0.05) is 12.1 Å². The monoisotopic (exact) mass is 208 g/mol. The van der Waals surface area contributed by atoms with Crippen molar-refractivity contribution in [3.63, 3.8) is 0 Å². The Labute approximate surface area is 89.4 Å². The van der Waals surface area contributed by atoms with Crippen LogP contribution in [0.1, 0.15) is 29.5 Å². The van der Waals surface area contributed by atoms with Gasteiger partial charge in [-0.3, -0.25) is 4.79 Å². The van der Waals surface area contributed by atoms with Gasteiger partial charge in [0.1, 0.15) is 5.75 Å². The van der Waals surface area contributed by atoms with Gasteiger partial charge in [-0.15, -0.1) is 0 Å². The molecular weight excluding hydrogens is 192 g/mol. The number of hydrogen-bond acceptors (Lipinski definition) is 2. The summed E-state index contributed by atoms with van der Waals surface area (Å²) in [7, 11) is 0. The fourth-order valence-electron chi connectivity index (χ4n) is 1.63. The van der Waals surface area contributed by atoms with E-state index in [1.165, 1.54) is 0 Å². The zero-order valence-electron chi connectivity index (χ0n) is 9.08. The standard InChI is InChI=1S/C12H16O3/c1-8-6-10(4-3-5-11(13)14)7-9(2)12(8)15/h6-7,15H,3-5H2,1-2H3,(H,13,14). The molecule has 0 unspecified atom stereocenters. The molecule has 0 aliphatic heterocycles. The van der Waals surface area contributed by atoms with E-state index in [0.717, 1.165) is 23.1 Å². The van der Waals surface area contributed by atoms with Gasteiger partial charge in [-0.05, 0) is 43.4 Å². The van der Waals surface area contributed by atoms with E-state index in [2.05, 4.69) is 0 Å². The molecule has 0 aliphatic carbocycles. The van der Waals surface area contributed by atoms with Gasteiger partial charge in [-0.2, -0.15) is 0 Å². The predicted octanol–water partition coefficient (Wildman–Crippen LogP) is 2.42. The molecule has 0 aromatic heterocycles. The summed E-state index contributed by atoms with van der Waals surface area (Å²) in [6.07, 6.45) is 1.58. The van der Waals surface area contributed by atoms with Gasteiger partial charge in [0.15, 0.2) is 0 Å². The molecule has 1 aromatic carbocycles. The SMILES string of the molecule is Cc1cc(CCCC(=O)O)cc(C)c1O. The van der Waals surface area contributed by atoms with Gasteiger partial charge in [0, 0.05) is 6.42 Å². The molecule has 1 aromatic rings. The Balaban J connectivity index is 2.66. The number of rotatable bonds is 4. The Kier molecular flexibility index (Phi) is 3.72. The summed E-state index contributed by atoms with van der Waals surface area (Å²) >= 11 is 0. The van der Waals surface area contributed by atoms with E-state index < -0.39 is 5.97 Å². The van der Waals surface area contributed by atoms with Gasteiger partial charge in [0.2, 0.25) is 0 Å². The first-order chi connectivity index (χ1) is 7.00. The molecule has 0 atom stereocenters. The van der Waals surface area contributed by atoms with Crippen LogP contribution in [0.3, 0.4) is 0 Å². The molecule has 15 heavy (non-hydrogen) atoms. The van der Waals surface area contributed by atoms with Crippen LogP contribution in [-0.2, 0) is 11.2 Å². The Morgan fingerprint density at radius 1 is 1.27 bits per heavy atom. The number of phenols is 1. The number of aryl methyl sites for hydroxylation is 3. The lowest BCUT2D eigenvalue weighted by atomic mass is 10.0. The molecule has 1 rings (SSSR count). The maximum absolute atomic E-state index is 10.3. The molecule has 82 valence electrons. The van der Waals surface area contributed by atoms with E-state index in [1.54, 1.807) is 0 Å². The van der Waals surface area contributed by atoms with Gasteiger partial charge < -0.3 is 10.2 Å². The molecule has 0 radical (unpaired) electrons. The summed E-state index contributed by atoms with van der Waals surface area (Å²) in [5.74, 6) is -0.431. The fourth-order valence-corrected chi connectivity index (χ4v) is 1.63. The zero-order valence-corrected chi connectivity index (χ0v) is 9.08. The van der Waals surface area contributed by atoms with Gasteiger partial charge in [0.25, 0.3) is 0 Å². The Bertz CT molecular complexity index is 346. The average molecular weight is 208 g/mol. The van der Waals surface area contributed by atoms with Gasteiger partial charge in [0.05, 0.1) is 0 Å². The zero-order chi connectivity index (χ0) is 11.4. The maximum atomic E-state index is 10.3. The molecule has 0 aliphatic rings. The molecule has 0 bridgehead atoms. The third kappa shape index (κ3) is 3.27. The summed E-state index contributed by atoms with van der Waals surface area (Å²) in [5, 5.41) is 18.1. The van der Waals surface area contributed by atoms with Crippen molar-refractivity contribution in [3.05, 3.63) is 28.8 Å². The summed E-state index contributed by atoms with van der Waals surface area (Å²) in [6.45, 7) is 3.70. The van der Waals surface area contributed by atoms with E-state index in [9.17, 15) is 9.90 Å². The molecule has 0 spiro atoms. The summed E-state index contributed by atoms with van der Waals surface area (Å²) in [6, 6.07) is 3.81. The minimum Gasteiger partial charge on any atom is -0.507 e. The van der Waals surface area contributed by atoms with Crippen molar-refractivity contribution >= 4 is 5.97 Å². The topological polar surface area (TPSA) is 57.5 Å². The summed E-state index contributed by atoms with van der Waals surface area (Å²) in [4.78, 5) is 10.3. The largest absolute Gasteiger partial charge is 0.507 e. The number of aliphatic carboxylic acids is 1. The third-order valence-electron chi connectivity index (χ3n) is 2.41. The third-order valence-corrected chi connectivity index (χ3v) is 2.41. The van der Waals surface area contributed by atoms with Crippen LogP contribution in [0.15, 0.2) is 12.1 Å². The number of carbonyl (C=O) groups is 1. The van der Waals surface area contributed by atoms with Crippen molar-refractivity contribution in [1.82, 2.24) is 0 Å².